The van der Waals surface area contributed by atoms with Gasteiger partial charge < -0.3 is 10.4 Å². The van der Waals surface area contributed by atoms with Crippen LogP contribution in [-0.2, 0) is 0 Å². The van der Waals surface area contributed by atoms with Gasteiger partial charge in [0.15, 0.2) is 0 Å². The molecule has 2 N–H and O–H groups in total. The predicted molar refractivity (Wildman–Crippen MR) is 76.7 cm³/mol. The molecule has 9 heteroatoms. The van der Waals surface area contributed by atoms with Crippen LogP contribution in [0.5, 0.6) is 0 Å². The number of carboxylic acid groups (broad SMARTS) is 1. The first-order chi connectivity index (χ1) is 9.88. The van der Waals surface area contributed by atoms with Crippen LogP contribution in [-0.4, -0.2) is 26.0 Å². The van der Waals surface area contributed by atoms with Gasteiger partial charge in [-0.3, -0.25) is 10.1 Å². The minimum atomic E-state index is -1.37. The Labute approximate surface area is 123 Å². The van der Waals surface area contributed by atoms with E-state index in [1.54, 1.807) is 0 Å². The van der Waals surface area contributed by atoms with Gasteiger partial charge in [0.05, 0.1) is 11.0 Å². The fourth-order valence-electron chi connectivity index (χ4n) is 1.70. The summed E-state index contributed by atoms with van der Waals surface area (Å²) < 4.78 is 0. The van der Waals surface area contributed by atoms with Crippen molar-refractivity contribution in [3.8, 4) is 0 Å². The molecular weight excluding hydrogens is 296 g/mol. The van der Waals surface area contributed by atoms with Crippen LogP contribution in [0.4, 0.5) is 11.5 Å². The maximum absolute atomic E-state index is 11.1. The highest BCUT2D eigenvalue weighted by Gasteiger charge is 2.21. The van der Waals surface area contributed by atoms with Crippen molar-refractivity contribution in [2.45, 2.75) is 19.9 Å². The number of aromatic nitrogens is 2. The van der Waals surface area contributed by atoms with Gasteiger partial charge in [-0.25, -0.2) is 14.8 Å². The molecule has 2 aromatic rings. The Morgan fingerprint density at radius 3 is 2.81 bits per heavy atom. The summed E-state index contributed by atoms with van der Waals surface area (Å²) >= 11 is 1.47. The van der Waals surface area contributed by atoms with E-state index in [0.717, 1.165) is 23.0 Å². The van der Waals surface area contributed by atoms with E-state index in [4.69, 9.17) is 5.11 Å². The van der Waals surface area contributed by atoms with Crippen molar-refractivity contribution in [3.63, 3.8) is 0 Å². The number of carboxylic acids is 1. The summed E-state index contributed by atoms with van der Waals surface area (Å²) in [7, 11) is 0. The molecule has 0 aromatic carbocycles. The number of aryl methyl sites for hydroxylation is 1. The minimum Gasteiger partial charge on any atom is -0.477 e. The van der Waals surface area contributed by atoms with E-state index < -0.39 is 22.1 Å². The van der Waals surface area contributed by atoms with E-state index in [1.165, 1.54) is 11.3 Å². The van der Waals surface area contributed by atoms with Crippen molar-refractivity contribution in [2.75, 3.05) is 5.32 Å². The molecule has 2 rings (SSSR count). The Balaban J connectivity index is 2.27. The number of hydrogen-bond acceptors (Lipinski definition) is 7. The Hall–Kier alpha value is -2.55. The molecule has 1 unspecified atom stereocenters. The molecule has 0 amide bonds. The topological polar surface area (TPSA) is 118 Å². The number of aromatic carboxylic acids is 1. The molecule has 0 saturated carbocycles. The molecule has 0 radical (unpaired) electrons. The second kappa shape index (κ2) is 5.83. The molecule has 0 aliphatic carbocycles. The van der Waals surface area contributed by atoms with Crippen LogP contribution in [0.3, 0.4) is 0 Å². The Kier molecular flexibility index (Phi) is 4.13. The average Bonchev–Trinajstić information content (AvgIpc) is 2.85. The van der Waals surface area contributed by atoms with Gasteiger partial charge >= 0.3 is 11.7 Å². The van der Waals surface area contributed by atoms with E-state index in [2.05, 4.69) is 15.3 Å². The zero-order valence-electron chi connectivity index (χ0n) is 11.2. The van der Waals surface area contributed by atoms with Crippen LogP contribution in [0, 0.1) is 17.0 Å². The van der Waals surface area contributed by atoms with E-state index in [0.29, 0.717) is 0 Å². The monoisotopic (exact) mass is 308 g/mol. The smallest absolute Gasteiger partial charge is 0.342 e. The first-order valence-electron chi connectivity index (χ1n) is 5.94. The Morgan fingerprint density at radius 2 is 2.29 bits per heavy atom. The van der Waals surface area contributed by atoms with Crippen LogP contribution in [0.15, 0.2) is 17.6 Å². The fourth-order valence-corrected chi connectivity index (χ4v) is 2.50. The van der Waals surface area contributed by atoms with Crippen molar-refractivity contribution in [1.29, 1.82) is 0 Å². The lowest BCUT2D eigenvalue weighted by atomic mass is 10.2. The van der Waals surface area contributed by atoms with Gasteiger partial charge in [-0.2, -0.15) is 0 Å². The summed E-state index contributed by atoms with van der Waals surface area (Å²) in [4.78, 5) is 29.2. The highest BCUT2D eigenvalue weighted by Crippen LogP contribution is 2.24. The zero-order valence-corrected chi connectivity index (χ0v) is 12.0. The first-order valence-corrected chi connectivity index (χ1v) is 6.82. The third kappa shape index (κ3) is 3.31. The van der Waals surface area contributed by atoms with Crippen LogP contribution in [0.25, 0.3) is 0 Å². The Morgan fingerprint density at radius 1 is 1.57 bits per heavy atom. The molecule has 0 saturated heterocycles. The van der Waals surface area contributed by atoms with E-state index in [9.17, 15) is 14.9 Å². The molecular formula is C12H12N4O4S. The molecule has 0 aliphatic rings. The van der Waals surface area contributed by atoms with Gasteiger partial charge in [0, 0.05) is 17.1 Å². The predicted octanol–water partition coefficient (Wildman–Crippen LogP) is 2.63. The van der Waals surface area contributed by atoms with Crippen LogP contribution < -0.4 is 5.32 Å². The number of rotatable bonds is 5. The summed E-state index contributed by atoms with van der Waals surface area (Å²) in [6.07, 6.45) is 0.936. The first kappa shape index (κ1) is 14.9. The van der Waals surface area contributed by atoms with E-state index in [-0.39, 0.29) is 11.9 Å². The Bertz CT molecular complexity index is 700. The maximum Gasteiger partial charge on any atom is 0.342 e. The number of nitrogens with one attached hydrogen (secondary N) is 1. The van der Waals surface area contributed by atoms with Crippen LogP contribution >= 0.6 is 11.3 Å². The lowest BCUT2D eigenvalue weighted by Gasteiger charge is -2.12. The number of pyridine rings is 1. The number of carbonyl (C=O) groups is 1. The zero-order chi connectivity index (χ0) is 15.6. The number of nitrogens with zero attached hydrogens (tertiary/aromatic N) is 3. The highest BCUT2D eigenvalue weighted by atomic mass is 32.1. The lowest BCUT2D eigenvalue weighted by Crippen LogP contribution is -2.10. The quantitative estimate of drug-likeness (QED) is 0.643. The summed E-state index contributed by atoms with van der Waals surface area (Å²) in [6.45, 7) is 3.72. The second-order valence-electron chi connectivity index (χ2n) is 4.34. The van der Waals surface area contributed by atoms with Gasteiger partial charge in [0.1, 0.15) is 22.6 Å². The highest BCUT2D eigenvalue weighted by molar-refractivity contribution is 7.09. The largest absolute Gasteiger partial charge is 0.477 e. The van der Waals surface area contributed by atoms with Gasteiger partial charge in [-0.05, 0) is 13.8 Å². The van der Waals surface area contributed by atoms with Crippen LogP contribution in [0.1, 0.15) is 34.0 Å². The molecule has 8 nitrogen and oxygen atoms in total. The average molecular weight is 308 g/mol. The maximum atomic E-state index is 11.1. The SMILES string of the molecule is Cc1csc(C(C)Nc2cc(C(=O)O)c([N+](=O)[O-])cn2)n1. The third-order valence-corrected chi connectivity index (χ3v) is 3.83. The number of anilines is 1. The molecule has 21 heavy (non-hydrogen) atoms. The molecule has 110 valence electrons. The van der Waals surface area contributed by atoms with Gasteiger partial charge in [0.2, 0.25) is 0 Å². The molecule has 1 atom stereocenters. The van der Waals surface area contributed by atoms with Crippen molar-refractivity contribution in [3.05, 3.63) is 44.0 Å². The third-order valence-electron chi connectivity index (χ3n) is 2.68. The molecule has 0 aliphatic heterocycles. The summed E-state index contributed by atoms with van der Waals surface area (Å²) in [5.41, 5.74) is -0.0441. The lowest BCUT2D eigenvalue weighted by molar-refractivity contribution is -0.385. The summed E-state index contributed by atoms with van der Waals surface area (Å²) in [5.74, 6) is -1.12. The van der Waals surface area contributed by atoms with Crippen LogP contribution in [0.2, 0.25) is 0 Å². The number of nitro groups is 1. The number of thiazole rings is 1. The summed E-state index contributed by atoms with van der Waals surface area (Å²) in [5, 5.41) is 25.5. The van der Waals surface area contributed by atoms with Crippen molar-refractivity contribution in [1.82, 2.24) is 9.97 Å². The minimum absolute atomic E-state index is 0.181. The van der Waals surface area contributed by atoms with Gasteiger partial charge in [-0.15, -0.1) is 11.3 Å². The molecule has 2 heterocycles. The van der Waals surface area contributed by atoms with Crippen molar-refractivity contribution >= 4 is 28.8 Å². The van der Waals surface area contributed by atoms with Crippen molar-refractivity contribution in [2.24, 2.45) is 0 Å². The second-order valence-corrected chi connectivity index (χ2v) is 5.23. The van der Waals surface area contributed by atoms with Gasteiger partial charge in [-0.1, -0.05) is 0 Å². The molecule has 0 fully saturated rings. The molecule has 0 spiro atoms. The normalized spacial score (nSPS) is 11.9. The van der Waals surface area contributed by atoms with E-state index >= 15 is 0 Å². The molecule has 0 bridgehead atoms. The van der Waals surface area contributed by atoms with Crippen molar-refractivity contribution < 1.29 is 14.8 Å². The molecule has 2 aromatic heterocycles. The number of hydrogen-bond donors (Lipinski definition) is 2. The standard InChI is InChI=1S/C12H12N4O4S/c1-6-5-21-11(14-6)7(2)15-10-3-8(12(17)18)9(4-13-10)16(19)20/h3-5,7H,1-2H3,(H,13,15)(H,17,18). The summed E-state index contributed by atoms with van der Waals surface area (Å²) in [6, 6.07) is 0.969. The van der Waals surface area contributed by atoms with Gasteiger partial charge in [0.25, 0.3) is 0 Å². The van der Waals surface area contributed by atoms with E-state index in [1.807, 2.05) is 19.2 Å². The fraction of sp³-hybridized carbons (Fsp3) is 0.250.